The summed E-state index contributed by atoms with van der Waals surface area (Å²) in [5.74, 6) is 0.424. The van der Waals surface area contributed by atoms with Crippen LogP contribution in [0.1, 0.15) is 49.7 Å². The van der Waals surface area contributed by atoms with Crippen LogP contribution in [0.2, 0.25) is 0 Å². The van der Waals surface area contributed by atoms with E-state index in [2.05, 4.69) is 36.1 Å². The molecule has 102 valence electrons. The van der Waals surface area contributed by atoms with Gasteiger partial charge in [-0.1, -0.05) is 49.1 Å². The first kappa shape index (κ1) is 12.7. The number of rotatable bonds is 2. The predicted molar refractivity (Wildman–Crippen MR) is 76.7 cm³/mol. The van der Waals surface area contributed by atoms with Crippen molar-refractivity contribution >= 4 is 5.91 Å². The Bertz CT molecular complexity index is 457. The third-order valence-electron chi connectivity index (χ3n) is 4.91. The number of carbonyl (C=O) groups is 1. The van der Waals surface area contributed by atoms with Gasteiger partial charge in [0.05, 0.1) is 5.41 Å². The lowest BCUT2D eigenvalue weighted by molar-refractivity contribution is -0.138. The molecule has 1 spiro atoms. The van der Waals surface area contributed by atoms with Crippen molar-refractivity contribution in [3.63, 3.8) is 0 Å². The summed E-state index contributed by atoms with van der Waals surface area (Å²) in [5.41, 5.74) is 2.55. The molecule has 1 saturated heterocycles. The van der Waals surface area contributed by atoms with Crippen molar-refractivity contribution in [1.29, 1.82) is 0 Å². The van der Waals surface area contributed by atoms with Gasteiger partial charge in [-0.05, 0) is 31.7 Å². The Morgan fingerprint density at radius 1 is 1.05 bits per heavy atom. The van der Waals surface area contributed by atoms with Crippen LogP contribution in [0.3, 0.4) is 0 Å². The van der Waals surface area contributed by atoms with Crippen LogP contribution in [0.25, 0.3) is 0 Å². The van der Waals surface area contributed by atoms with E-state index in [1.165, 1.54) is 30.4 Å². The number of hydrogen-bond acceptors (Lipinski definition) is 1. The lowest BCUT2D eigenvalue weighted by atomic mass is 9.73. The quantitative estimate of drug-likeness (QED) is 0.791. The van der Waals surface area contributed by atoms with E-state index in [-0.39, 0.29) is 5.41 Å². The van der Waals surface area contributed by atoms with Gasteiger partial charge in [0, 0.05) is 13.1 Å². The number of hydrogen-bond donors (Lipinski definition) is 0. The highest BCUT2D eigenvalue weighted by molar-refractivity contribution is 5.84. The summed E-state index contributed by atoms with van der Waals surface area (Å²) >= 11 is 0. The second-order valence-electron chi connectivity index (χ2n) is 6.30. The minimum absolute atomic E-state index is 0.0168. The number of carbonyl (C=O) groups excluding carboxylic acids is 1. The molecule has 0 atom stereocenters. The Morgan fingerprint density at radius 2 is 1.74 bits per heavy atom. The second-order valence-corrected chi connectivity index (χ2v) is 6.30. The van der Waals surface area contributed by atoms with Gasteiger partial charge in [0.15, 0.2) is 0 Å². The van der Waals surface area contributed by atoms with Crippen molar-refractivity contribution < 1.29 is 4.79 Å². The van der Waals surface area contributed by atoms with Crippen molar-refractivity contribution in [3.05, 3.63) is 35.4 Å². The minimum Gasteiger partial charge on any atom is -0.338 e. The molecule has 2 heteroatoms. The van der Waals surface area contributed by atoms with Gasteiger partial charge in [0.1, 0.15) is 0 Å². The van der Waals surface area contributed by atoms with Crippen molar-refractivity contribution in [2.24, 2.45) is 5.41 Å². The zero-order chi connectivity index (χ0) is 13.3. The fourth-order valence-electron chi connectivity index (χ4n) is 3.65. The molecule has 1 aliphatic heterocycles. The van der Waals surface area contributed by atoms with Crippen LogP contribution in [0.15, 0.2) is 24.3 Å². The van der Waals surface area contributed by atoms with Gasteiger partial charge in [0.2, 0.25) is 5.91 Å². The second kappa shape index (κ2) is 4.99. The standard InChI is InChI=1S/C17H23NO/c1-14-5-7-15(8-6-14)13-18-12-11-17(16(18)19)9-3-2-4-10-17/h5-8H,2-4,9-13H2,1H3. The molecule has 1 aromatic rings. The van der Waals surface area contributed by atoms with Gasteiger partial charge >= 0.3 is 0 Å². The third kappa shape index (κ3) is 2.41. The molecule has 0 aromatic heterocycles. The van der Waals surface area contributed by atoms with E-state index in [0.29, 0.717) is 5.91 Å². The summed E-state index contributed by atoms with van der Waals surface area (Å²) in [7, 11) is 0. The van der Waals surface area contributed by atoms with Gasteiger partial charge in [-0.2, -0.15) is 0 Å². The predicted octanol–water partition coefficient (Wildman–Crippen LogP) is 3.68. The minimum atomic E-state index is 0.0168. The summed E-state index contributed by atoms with van der Waals surface area (Å²) in [6.45, 7) is 3.84. The van der Waals surface area contributed by atoms with Gasteiger partial charge < -0.3 is 4.90 Å². The number of likely N-dealkylation sites (tertiary alicyclic amines) is 1. The maximum atomic E-state index is 12.7. The molecule has 2 fully saturated rings. The largest absolute Gasteiger partial charge is 0.338 e. The summed E-state index contributed by atoms with van der Waals surface area (Å²) in [5, 5.41) is 0. The highest BCUT2D eigenvalue weighted by Crippen LogP contribution is 2.44. The number of amides is 1. The smallest absolute Gasteiger partial charge is 0.229 e. The molecule has 0 N–H and O–H groups in total. The van der Waals surface area contributed by atoms with Crippen molar-refractivity contribution in [3.8, 4) is 0 Å². The molecule has 1 saturated carbocycles. The van der Waals surface area contributed by atoms with Gasteiger partial charge in [-0.3, -0.25) is 4.79 Å². The summed E-state index contributed by atoms with van der Waals surface area (Å²) in [6, 6.07) is 8.56. The molecular weight excluding hydrogens is 234 g/mol. The molecule has 3 rings (SSSR count). The van der Waals surface area contributed by atoms with Crippen LogP contribution in [0.5, 0.6) is 0 Å². The topological polar surface area (TPSA) is 20.3 Å². The Kier molecular flexibility index (Phi) is 3.34. The maximum Gasteiger partial charge on any atom is 0.229 e. The molecule has 0 unspecified atom stereocenters. The average Bonchev–Trinajstić information content (AvgIpc) is 2.72. The highest BCUT2D eigenvalue weighted by Gasteiger charge is 2.46. The van der Waals surface area contributed by atoms with Crippen molar-refractivity contribution in [2.45, 2.75) is 52.0 Å². The number of aryl methyl sites for hydroxylation is 1. The van der Waals surface area contributed by atoms with Crippen LogP contribution in [-0.2, 0) is 11.3 Å². The molecule has 19 heavy (non-hydrogen) atoms. The Balaban J connectivity index is 1.70. The van der Waals surface area contributed by atoms with Gasteiger partial charge in [-0.25, -0.2) is 0 Å². The Labute approximate surface area is 115 Å². The summed E-state index contributed by atoms with van der Waals surface area (Å²) in [6.07, 6.45) is 7.12. The maximum absolute atomic E-state index is 12.7. The zero-order valence-electron chi connectivity index (χ0n) is 11.8. The average molecular weight is 257 g/mol. The molecule has 1 heterocycles. The molecule has 2 aliphatic rings. The van der Waals surface area contributed by atoms with Crippen LogP contribution in [-0.4, -0.2) is 17.4 Å². The molecule has 0 bridgehead atoms. The Hall–Kier alpha value is -1.31. The fraction of sp³-hybridized carbons (Fsp3) is 0.588. The fourth-order valence-corrected chi connectivity index (χ4v) is 3.65. The lowest BCUT2D eigenvalue weighted by Crippen LogP contribution is -2.35. The van der Waals surface area contributed by atoms with Gasteiger partial charge in [0.25, 0.3) is 0 Å². The van der Waals surface area contributed by atoms with Crippen molar-refractivity contribution in [1.82, 2.24) is 4.90 Å². The van der Waals surface area contributed by atoms with Crippen LogP contribution >= 0.6 is 0 Å². The SMILES string of the molecule is Cc1ccc(CN2CCC3(CCCCC3)C2=O)cc1. The molecular formula is C17H23NO. The first-order valence-corrected chi connectivity index (χ1v) is 7.55. The van der Waals surface area contributed by atoms with Crippen molar-refractivity contribution in [2.75, 3.05) is 6.54 Å². The Morgan fingerprint density at radius 3 is 2.42 bits per heavy atom. The highest BCUT2D eigenvalue weighted by atomic mass is 16.2. The molecule has 1 aromatic carbocycles. The molecule has 1 aliphatic carbocycles. The van der Waals surface area contributed by atoms with E-state index < -0.39 is 0 Å². The zero-order valence-corrected chi connectivity index (χ0v) is 11.8. The van der Waals surface area contributed by atoms with Crippen LogP contribution in [0.4, 0.5) is 0 Å². The van der Waals surface area contributed by atoms with E-state index in [0.717, 1.165) is 32.4 Å². The van der Waals surface area contributed by atoms with Crippen LogP contribution in [0, 0.1) is 12.3 Å². The van der Waals surface area contributed by atoms with Crippen LogP contribution < -0.4 is 0 Å². The molecule has 1 amide bonds. The first-order valence-electron chi connectivity index (χ1n) is 7.55. The normalized spacial score (nSPS) is 22.2. The lowest BCUT2D eigenvalue weighted by Gasteiger charge is -2.31. The van der Waals surface area contributed by atoms with E-state index in [9.17, 15) is 4.79 Å². The number of benzene rings is 1. The summed E-state index contributed by atoms with van der Waals surface area (Å²) < 4.78 is 0. The summed E-state index contributed by atoms with van der Waals surface area (Å²) in [4.78, 5) is 14.8. The molecule has 2 nitrogen and oxygen atoms in total. The third-order valence-corrected chi connectivity index (χ3v) is 4.91. The van der Waals surface area contributed by atoms with E-state index in [1.54, 1.807) is 0 Å². The van der Waals surface area contributed by atoms with E-state index in [1.807, 2.05) is 0 Å². The van der Waals surface area contributed by atoms with E-state index in [4.69, 9.17) is 0 Å². The number of nitrogens with zero attached hydrogens (tertiary/aromatic N) is 1. The van der Waals surface area contributed by atoms with E-state index >= 15 is 0 Å². The monoisotopic (exact) mass is 257 g/mol. The first-order chi connectivity index (χ1) is 9.20. The van der Waals surface area contributed by atoms with Gasteiger partial charge in [-0.15, -0.1) is 0 Å². The molecule has 0 radical (unpaired) electrons.